The van der Waals surface area contributed by atoms with E-state index in [-0.39, 0.29) is 18.3 Å². The Morgan fingerprint density at radius 1 is 1.42 bits per heavy atom. The van der Waals surface area contributed by atoms with Crippen LogP contribution in [-0.2, 0) is 19.1 Å². The minimum Gasteiger partial charge on any atom is -0.461 e. The van der Waals surface area contributed by atoms with Gasteiger partial charge in [0.1, 0.15) is 37.3 Å². The number of aliphatic hydroxyl groups excluding tert-OH is 4. The summed E-state index contributed by atoms with van der Waals surface area (Å²) in [7, 11) is 0. The first-order valence-corrected chi connectivity index (χ1v) is 8.96. The molecule has 1 fully saturated rings. The number of H-pyrrole nitrogens is 1. The number of esters is 1. The van der Waals surface area contributed by atoms with Gasteiger partial charge in [0.05, 0.1) is 6.04 Å². The molecule has 2 heterocycles. The SMILES string of the molecule is Cc1cn([C@H]2C[C@H](N=[N+]=[N-])[C@@H](COC(=O)[C@@H](O)[C@@H](O)[C@H](O)[C@@H](O)C=O)O2)c(=O)[nH]c1=O. The normalized spacial score (nSPS) is 24.5. The molecule has 1 aliphatic rings. The molecule has 15 heteroatoms. The Morgan fingerprint density at radius 3 is 2.71 bits per heavy atom. The second-order valence-corrected chi connectivity index (χ2v) is 6.80. The Hall–Kier alpha value is -3.07. The first-order valence-electron chi connectivity index (χ1n) is 8.96. The molecule has 7 atom stereocenters. The van der Waals surface area contributed by atoms with Crippen molar-refractivity contribution in [2.75, 3.05) is 6.61 Å². The number of rotatable bonds is 9. The summed E-state index contributed by atoms with van der Waals surface area (Å²) in [4.78, 5) is 50.7. The number of aromatic amines is 1. The van der Waals surface area contributed by atoms with Crippen molar-refractivity contribution in [2.45, 2.75) is 56.1 Å². The van der Waals surface area contributed by atoms with Gasteiger partial charge in [0.15, 0.2) is 12.4 Å². The smallest absolute Gasteiger partial charge is 0.337 e. The topological polar surface area (TPSA) is 237 Å². The van der Waals surface area contributed by atoms with E-state index < -0.39 is 66.6 Å². The van der Waals surface area contributed by atoms with Crippen molar-refractivity contribution in [3.8, 4) is 0 Å². The van der Waals surface area contributed by atoms with Gasteiger partial charge in [-0.25, -0.2) is 9.59 Å². The van der Waals surface area contributed by atoms with Crippen LogP contribution in [0.25, 0.3) is 10.4 Å². The third-order valence-electron chi connectivity index (χ3n) is 4.65. The molecule has 0 bridgehead atoms. The third kappa shape index (κ3) is 5.55. The number of aromatic nitrogens is 2. The van der Waals surface area contributed by atoms with E-state index in [4.69, 9.17) is 20.1 Å². The summed E-state index contributed by atoms with van der Waals surface area (Å²) in [5.41, 5.74) is 7.62. The second-order valence-electron chi connectivity index (χ2n) is 6.80. The molecule has 31 heavy (non-hydrogen) atoms. The number of carbonyl (C=O) groups excluding carboxylic acids is 2. The van der Waals surface area contributed by atoms with Crippen LogP contribution in [0, 0.1) is 6.92 Å². The highest BCUT2D eigenvalue weighted by Crippen LogP contribution is 2.30. The highest BCUT2D eigenvalue weighted by molar-refractivity contribution is 5.75. The Bertz CT molecular complexity index is 970. The predicted octanol–water partition coefficient (Wildman–Crippen LogP) is -3.00. The van der Waals surface area contributed by atoms with Crippen LogP contribution in [0.3, 0.4) is 0 Å². The van der Waals surface area contributed by atoms with Gasteiger partial charge in [-0.2, -0.15) is 0 Å². The van der Waals surface area contributed by atoms with Gasteiger partial charge >= 0.3 is 11.7 Å². The van der Waals surface area contributed by atoms with Gasteiger partial charge in [-0.1, -0.05) is 5.11 Å². The van der Waals surface area contributed by atoms with Crippen LogP contribution >= 0.6 is 0 Å². The van der Waals surface area contributed by atoms with Crippen molar-refractivity contribution in [2.24, 2.45) is 5.11 Å². The standard InChI is InChI=1S/C16H21N5O10/c1-6-3-21(16(29)18-14(6)27)10-2-7(19-20-17)9(31-10)5-30-15(28)13(26)12(25)11(24)8(23)4-22/h3-4,7-13,23-26H,2,5H2,1H3,(H,18,27,29)/t7-,8-,9+,10+,11+,12-,13-/m0/s1. The summed E-state index contributed by atoms with van der Waals surface area (Å²) in [5, 5.41) is 41.6. The van der Waals surface area contributed by atoms with Gasteiger partial charge in [0, 0.05) is 23.1 Å². The van der Waals surface area contributed by atoms with Gasteiger partial charge in [-0.3, -0.25) is 14.3 Å². The quantitative estimate of drug-likeness (QED) is 0.0851. The zero-order valence-electron chi connectivity index (χ0n) is 16.1. The maximum Gasteiger partial charge on any atom is 0.337 e. The first-order chi connectivity index (χ1) is 14.6. The summed E-state index contributed by atoms with van der Waals surface area (Å²) in [5.74, 6) is -1.41. The summed E-state index contributed by atoms with van der Waals surface area (Å²) in [6.07, 6.45) is -9.53. The van der Waals surface area contributed by atoms with E-state index in [1.165, 1.54) is 13.1 Å². The van der Waals surface area contributed by atoms with Crippen LogP contribution in [0.1, 0.15) is 18.2 Å². The van der Waals surface area contributed by atoms with Crippen LogP contribution < -0.4 is 11.2 Å². The molecule has 1 aromatic rings. The van der Waals surface area contributed by atoms with Gasteiger partial charge in [-0.15, -0.1) is 0 Å². The zero-order chi connectivity index (χ0) is 23.3. The fourth-order valence-electron chi connectivity index (χ4n) is 2.88. The van der Waals surface area contributed by atoms with Crippen LogP contribution in [-0.4, -0.2) is 85.4 Å². The number of ether oxygens (including phenoxy) is 2. The van der Waals surface area contributed by atoms with E-state index in [1.807, 2.05) is 0 Å². The maximum absolute atomic E-state index is 12.0. The van der Waals surface area contributed by atoms with Crippen LogP contribution in [0.2, 0.25) is 0 Å². The monoisotopic (exact) mass is 443 g/mol. The van der Waals surface area contributed by atoms with Crippen molar-refractivity contribution < 1.29 is 39.5 Å². The van der Waals surface area contributed by atoms with Gasteiger partial charge in [-0.05, 0) is 12.5 Å². The lowest BCUT2D eigenvalue weighted by molar-refractivity contribution is -0.173. The van der Waals surface area contributed by atoms with Crippen LogP contribution in [0.15, 0.2) is 20.9 Å². The minimum atomic E-state index is -2.30. The molecule has 1 saturated heterocycles. The molecule has 0 radical (unpaired) electrons. The lowest BCUT2D eigenvalue weighted by atomic mass is 10.0. The highest BCUT2D eigenvalue weighted by Gasteiger charge is 2.39. The summed E-state index contributed by atoms with van der Waals surface area (Å²) in [6.45, 7) is 0.906. The molecule has 1 aliphatic heterocycles. The predicted molar refractivity (Wildman–Crippen MR) is 98.6 cm³/mol. The van der Waals surface area contributed by atoms with Crippen molar-refractivity contribution in [3.05, 3.63) is 43.0 Å². The summed E-state index contributed by atoms with van der Waals surface area (Å²) < 4.78 is 11.5. The molecule has 0 spiro atoms. The lowest BCUT2D eigenvalue weighted by Crippen LogP contribution is -2.49. The molecule has 0 aromatic carbocycles. The Labute approximate surface area is 173 Å². The molecule has 2 rings (SSSR count). The van der Waals surface area contributed by atoms with Crippen molar-refractivity contribution >= 4 is 12.3 Å². The zero-order valence-corrected chi connectivity index (χ0v) is 16.1. The molecule has 0 amide bonds. The minimum absolute atomic E-state index is 0.00703. The molecule has 15 nitrogen and oxygen atoms in total. The van der Waals surface area contributed by atoms with Gasteiger partial charge < -0.3 is 34.7 Å². The number of nitrogens with zero attached hydrogens (tertiary/aromatic N) is 4. The van der Waals surface area contributed by atoms with Crippen LogP contribution in [0.4, 0.5) is 0 Å². The van der Waals surface area contributed by atoms with Crippen molar-refractivity contribution in [1.29, 1.82) is 0 Å². The number of hydrogen-bond acceptors (Lipinski definition) is 11. The average molecular weight is 443 g/mol. The van der Waals surface area contributed by atoms with Crippen molar-refractivity contribution in [3.63, 3.8) is 0 Å². The fourth-order valence-corrected chi connectivity index (χ4v) is 2.88. The van der Waals surface area contributed by atoms with Gasteiger partial charge in [0.2, 0.25) is 0 Å². The van der Waals surface area contributed by atoms with E-state index in [9.17, 15) is 34.5 Å². The van der Waals surface area contributed by atoms with Crippen LogP contribution in [0.5, 0.6) is 0 Å². The number of aliphatic hydroxyl groups is 4. The molecule has 0 saturated carbocycles. The average Bonchev–Trinajstić information content (AvgIpc) is 3.14. The van der Waals surface area contributed by atoms with E-state index in [0.29, 0.717) is 0 Å². The first kappa shape index (κ1) is 24.2. The molecule has 5 N–H and O–H groups in total. The summed E-state index contributed by atoms with van der Waals surface area (Å²) in [6, 6.07) is -0.883. The number of nitrogens with one attached hydrogen (secondary N) is 1. The van der Waals surface area contributed by atoms with E-state index in [0.717, 1.165) is 4.57 Å². The Kier molecular flexibility index (Phi) is 8.04. The number of hydrogen-bond donors (Lipinski definition) is 5. The number of aryl methyl sites for hydroxylation is 1. The van der Waals surface area contributed by atoms with E-state index >= 15 is 0 Å². The third-order valence-corrected chi connectivity index (χ3v) is 4.65. The lowest BCUT2D eigenvalue weighted by Gasteiger charge is -2.23. The second kappa shape index (κ2) is 10.3. The number of aldehydes is 1. The Balaban J connectivity index is 2.08. The van der Waals surface area contributed by atoms with E-state index in [1.54, 1.807) is 0 Å². The van der Waals surface area contributed by atoms with Crippen molar-refractivity contribution in [1.82, 2.24) is 9.55 Å². The number of azide groups is 1. The largest absolute Gasteiger partial charge is 0.461 e. The van der Waals surface area contributed by atoms with E-state index in [2.05, 4.69) is 15.0 Å². The molecule has 0 unspecified atom stereocenters. The molecule has 1 aromatic heterocycles. The molecule has 0 aliphatic carbocycles. The number of carbonyl (C=O) groups is 2. The summed E-state index contributed by atoms with van der Waals surface area (Å²) >= 11 is 0. The molecular formula is C16H21N5O10. The molecular weight excluding hydrogens is 422 g/mol. The Morgan fingerprint density at radius 2 is 2.10 bits per heavy atom. The van der Waals surface area contributed by atoms with Gasteiger partial charge in [0.25, 0.3) is 5.56 Å². The highest BCUT2D eigenvalue weighted by atomic mass is 16.6. The molecule has 170 valence electrons. The fraction of sp³-hybridized carbons (Fsp3) is 0.625. The maximum atomic E-state index is 12.0.